The quantitative estimate of drug-likeness (QED) is 0.633. The smallest absolute Gasteiger partial charge is 0.140 e. The van der Waals surface area contributed by atoms with E-state index in [1.54, 1.807) is 0 Å². The lowest BCUT2D eigenvalue weighted by atomic mass is 10.0. The van der Waals surface area contributed by atoms with Gasteiger partial charge in [0.1, 0.15) is 10.6 Å². The fourth-order valence-corrected chi connectivity index (χ4v) is 2.15. The summed E-state index contributed by atoms with van der Waals surface area (Å²) in [7, 11) is 0. The number of ether oxygens (including phenoxy) is 1. The Morgan fingerprint density at radius 1 is 1.29 bits per heavy atom. The molecule has 1 heterocycles. The van der Waals surface area contributed by atoms with Gasteiger partial charge in [0, 0.05) is 18.8 Å². The van der Waals surface area contributed by atoms with Crippen LogP contribution >= 0.6 is 15.9 Å². The Balaban J connectivity index is 2.15. The number of aldehydes is 1. The zero-order valence-electron chi connectivity index (χ0n) is 9.86. The summed E-state index contributed by atoms with van der Waals surface area (Å²) in [5.74, 6) is 0. The molecule has 17 heavy (non-hydrogen) atoms. The molecule has 1 aromatic rings. The highest BCUT2D eigenvalue weighted by atomic mass is 79.9. The van der Waals surface area contributed by atoms with Gasteiger partial charge in [0.05, 0.1) is 13.2 Å². The normalized spacial score (nSPS) is 19.8. The first-order chi connectivity index (χ1) is 8.13. The molecule has 1 aliphatic heterocycles. The molecule has 0 bridgehead atoms. The molecule has 1 unspecified atom stereocenters. The highest BCUT2D eigenvalue weighted by Gasteiger charge is 2.22. The molecule has 0 N–H and O–H groups in total. The van der Waals surface area contributed by atoms with Crippen molar-refractivity contribution >= 4 is 27.9 Å². The molecule has 1 aromatic carbocycles. The number of morpholine rings is 1. The van der Waals surface area contributed by atoms with E-state index in [4.69, 9.17) is 4.74 Å². The predicted molar refractivity (Wildman–Crippen MR) is 71.8 cm³/mol. The van der Waals surface area contributed by atoms with E-state index in [1.807, 2.05) is 19.1 Å². The summed E-state index contributed by atoms with van der Waals surface area (Å²) in [5, 5.41) is 0. The number of anilines is 1. The summed E-state index contributed by atoms with van der Waals surface area (Å²) < 4.78 is 4.73. The van der Waals surface area contributed by atoms with Gasteiger partial charge in [0.25, 0.3) is 0 Å². The van der Waals surface area contributed by atoms with E-state index in [0.29, 0.717) is 0 Å². The van der Waals surface area contributed by atoms with E-state index in [9.17, 15) is 4.79 Å². The van der Waals surface area contributed by atoms with Crippen molar-refractivity contribution in [3.63, 3.8) is 0 Å². The second-order valence-electron chi connectivity index (χ2n) is 4.34. The third kappa shape index (κ3) is 2.87. The average molecular weight is 298 g/mol. The Kier molecular flexibility index (Phi) is 3.84. The van der Waals surface area contributed by atoms with Crippen LogP contribution in [0.1, 0.15) is 12.5 Å². The minimum Gasteiger partial charge on any atom is -0.378 e. The van der Waals surface area contributed by atoms with Gasteiger partial charge in [-0.2, -0.15) is 0 Å². The van der Waals surface area contributed by atoms with Gasteiger partial charge in [-0.25, -0.2) is 0 Å². The molecule has 1 aliphatic rings. The number of hydrogen-bond donors (Lipinski definition) is 0. The first-order valence-corrected chi connectivity index (χ1v) is 6.51. The lowest BCUT2D eigenvalue weighted by Crippen LogP contribution is -2.36. The van der Waals surface area contributed by atoms with Gasteiger partial charge in [-0.1, -0.05) is 28.1 Å². The molecule has 0 aliphatic carbocycles. The number of carbonyl (C=O) groups excluding carboxylic acids is 1. The molecular formula is C13H16BrNO2. The van der Waals surface area contributed by atoms with Crippen molar-refractivity contribution in [2.75, 3.05) is 31.2 Å². The Morgan fingerprint density at radius 3 is 2.41 bits per heavy atom. The van der Waals surface area contributed by atoms with E-state index in [-0.39, 0.29) is 0 Å². The first-order valence-electron chi connectivity index (χ1n) is 5.72. The summed E-state index contributed by atoms with van der Waals surface area (Å²) >= 11 is 3.41. The number of rotatable bonds is 3. The van der Waals surface area contributed by atoms with Gasteiger partial charge >= 0.3 is 0 Å². The van der Waals surface area contributed by atoms with Crippen molar-refractivity contribution in [3.8, 4) is 0 Å². The molecule has 1 saturated heterocycles. The number of nitrogens with zero attached hydrogens (tertiary/aromatic N) is 1. The zero-order valence-corrected chi connectivity index (χ0v) is 11.4. The predicted octanol–water partition coefficient (Wildman–Crippen LogP) is 2.33. The number of hydrogen-bond acceptors (Lipinski definition) is 3. The van der Waals surface area contributed by atoms with Gasteiger partial charge in [-0.05, 0) is 24.6 Å². The van der Waals surface area contributed by atoms with Crippen LogP contribution in [0.2, 0.25) is 0 Å². The molecule has 3 nitrogen and oxygen atoms in total. The van der Waals surface area contributed by atoms with Crippen LogP contribution in [0, 0.1) is 0 Å². The summed E-state index contributed by atoms with van der Waals surface area (Å²) in [6.07, 6.45) is 0.913. The Morgan fingerprint density at radius 2 is 1.88 bits per heavy atom. The fraction of sp³-hybridized carbons (Fsp3) is 0.462. The van der Waals surface area contributed by atoms with E-state index in [2.05, 4.69) is 33.0 Å². The Hall–Kier alpha value is -0.870. The standard InChI is InChI=1S/C13H16BrNO2/c1-13(14,10-16)11-2-4-12(5-3-11)15-6-8-17-9-7-15/h2-5,10H,6-9H2,1H3. The Labute approximate surface area is 110 Å². The Bertz CT molecular complexity index is 383. The lowest BCUT2D eigenvalue weighted by molar-refractivity contribution is -0.109. The van der Waals surface area contributed by atoms with Crippen molar-refractivity contribution in [3.05, 3.63) is 29.8 Å². The van der Waals surface area contributed by atoms with Gasteiger partial charge in [-0.3, -0.25) is 0 Å². The zero-order chi connectivity index (χ0) is 12.3. The second kappa shape index (κ2) is 5.19. The molecule has 2 rings (SSSR count). The average Bonchev–Trinajstić information content (AvgIpc) is 2.40. The minimum atomic E-state index is -0.587. The molecule has 0 radical (unpaired) electrons. The summed E-state index contributed by atoms with van der Waals surface area (Å²) in [6, 6.07) is 8.11. The number of carbonyl (C=O) groups is 1. The molecule has 1 atom stereocenters. The first kappa shape index (κ1) is 12.6. The molecular weight excluding hydrogens is 282 g/mol. The highest BCUT2D eigenvalue weighted by molar-refractivity contribution is 9.10. The maximum absolute atomic E-state index is 10.9. The highest BCUT2D eigenvalue weighted by Crippen LogP contribution is 2.29. The molecule has 1 fully saturated rings. The maximum Gasteiger partial charge on any atom is 0.140 e. The molecule has 4 heteroatoms. The SMILES string of the molecule is CC(Br)(C=O)c1ccc(N2CCOCC2)cc1. The number of halogens is 1. The maximum atomic E-state index is 10.9. The van der Waals surface area contributed by atoms with Crippen LogP contribution in [0.5, 0.6) is 0 Å². The summed E-state index contributed by atoms with van der Waals surface area (Å²) in [6.45, 7) is 5.28. The van der Waals surface area contributed by atoms with Crippen LogP contribution in [0.25, 0.3) is 0 Å². The summed E-state index contributed by atoms with van der Waals surface area (Å²) in [4.78, 5) is 13.2. The summed E-state index contributed by atoms with van der Waals surface area (Å²) in [5.41, 5.74) is 2.16. The number of benzene rings is 1. The van der Waals surface area contributed by atoms with Crippen LogP contribution in [0.3, 0.4) is 0 Å². The van der Waals surface area contributed by atoms with Gasteiger partial charge in [0.15, 0.2) is 0 Å². The molecule has 92 valence electrons. The molecule has 0 saturated carbocycles. The minimum absolute atomic E-state index is 0.587. The van der Waals surface area contributed by atoms with E-state index < -0.39 is 4.32 Å². The van der Waals surface area contributed by atoms with Crippen molar-refractivity contribution in [1.29, 1.82) is 0 Å². The van der Waals surface area contributed by atoms with Gasteiger partial charge in [0.2, 0.25) is 0 Å². The van der Waals surface area contributed by atoms with Crippen molar-refractivity contribution < 1.29 is 9.53 Å². The third-order valence-electron chi connectivity index (χ3n) is 3.03. The van der Waals surface area contributed by atoms with Crippen molar-refractivity contribution in [2.45, 2.75) is 11.2 Å². The monoisotopic (exact) mass is 297 g/mol. The van der Waals surface area contributed by atoms with E-state index in [1.165, 1.54) is 5.69 Å². The third-order valence-corrected chi connectivity index (χ3v) is 3.67. The van der Waals surface area contributed by atoms with Crippen LogP contribution in [-0.2, 0) is 13.9 Å². The van der Waals surface area contributed by atoms with Crippen LogP contribution in [0.4, 0.5) is 5.69 Å². The van der Waals surface area contributed by atoms with E-state index in [0.717, 1.165) is 38.2 Å². The second-order valence-corrected chi connectivity index (χ2v) is 5.99. The van der Waals surface area contributed by atoms with E-state index >= 15 is 0 Å². The lowest BCUT2D eigenvalue weighted by Gasteiger charge is -2.29. The van der Waals surface area contributed by atoms with Gasteiger partial charge in [-0.15, -0.1) is 0 Å². The molecule has 0 spiro atoms. The number of alkyl halides is 1. The topological polar surface area (TPSA) is 29.5 Å². The van der Waals surface area contributed by atoms with Crippen LogP contribution in [-0.4, -0.2) is 32.6 Å². The van der Waals surface area contributed by atoms with Crippen LogP contribution < -0.4 is 4.90 Å². The van der Waals surface area contributed by atoms with Crippen LogP contribution in [0.15, 0.2) is 24.3 Å². The molecule has 0 amide bonds. The largest absolute Gasteiger partial charge is 0.378 e. The fourth-order valence-electron chi connectivity index (χ4n) is 1.89. The molecule has 0 aromatic heterocycles. The van der Waals surface area contributed by atoms with Gasteiger partial charge < -0.3 is 14.4 Å². The van der Waals surface area contributed by atoms with Crippen molar-refractivity contribution in [2.24, 2.45) is 0 Å². The van der Waals surface area contributed by atoms with Crippen molar-refractivity contribution in [1.82, 2.24) is 0 Å².